The molecule has 1 amide bonds. The van der Waals surface area contributed by atoms with Crippen LogP contribution in [0.3, 0.4) is 0 Å². The van der Waals surface area contributed by atoms with Gasteiger partial charge in [0.05, 0.1) is 0 Å². The first-order valence-corrected chi connectivity index (χ1v) is 6.27. The summed E-state index contributed by atoms with van der Waals surface area (Å²) < 4.78 is 26.3. The van der Waals surface area contributed by atoms with Crippen molar-refractivity contribution in [1.82, 2.24) is 4.90 Å². The summed E-state index contributed by atoms with van der Waals surface area (Å²) in [4.78, 5) is 14.1. The number of halogens is 2. The van der Waals surface area contributed by atoms with Gasteiger partial charge in [-0.25, -0.2) is 8.78 Å². The molecule has 1 aliphatic rings. The van der Waals surface area contributed by atoms with Gasteiger partial charge in [-0.05, 0) is 50.8 Å². The van der Waals surface area contributed by atoms with Crippen LogP contribution in [0.2, 0.25) is 0 Å². The van der Waals surface area contributed by atoms with E-state index in [0.29, 0.717) is 12.1 Å². The summed E-state index contributed by atoms with van der Waals surface area (Å²) in [6.45, 7) is 4.31. The molecule has 98 valence electrons. The maximum atomic E-state index is 13.2. The van der Waals surface area contributed by atoms with E-state index in [-0.39, 0.29) is 17.5 Å². The molecular formula is C14H17F2NO. The summed E-state index contributed by atoms with van der Waals surface area (Å²) in [7, 11) is 0. The third-order valence-corrected chi connectivity index (χ3v) is 3.56. The van der Waals surface area contributed by atoms with E-state index >= 15 is 0 Å². The lowest BCUT2D eigenvalue weighted by molar-refractivity contribution is 0.0634. The van der Waals surface area contributed by atoms with Crippen molar-refractivity contribution >= 4 is 5.91 Å². The Bertz CT molecular complexity index is 473. The lowest BCUT2D eigenvalue weighted by Gasteiger charge is -2.33. The van der Waals surface area contributed by atoms with E-state index in [1.54, 1.807) is 11.8 Å². The monoisotopic (exact) mass is 253 g/mol. The number of amides is 1. The molecule has 2 rings (SSSR count). The molecule has 1 aliphatic heterocycles. The molecule has 18 heavy (non-hydrogen) atoms. The number of carbonyl (C=O) groups is 1. The summed E-state index contributed by atoms with van der Waals surface area (Å²) in [6.07, 6.45) is 3.05. The van der Waals surface area contributed by atoms with Gasteiger partial charge in [-0.1, -0.05) is 0 Å². The number of carbonyl (C=O) groups excluding carboxylic acids is 1. The Morgan fingerprint density at radius 3 is 2.61 bits per heavy atom. The fourth-order valence-corrected chi connectivity index (χ4v) is 2.43. The normalized spacial score (nSPS) is 20.0. The molecule has 1 aromatic rings. The number of nitrogens with zero attached hydrogens (tertiary/aromatic N) is 1. The van der Waals surface area contributed by atoms with E-state index in [2.05, 4.69) is 0 Å². The first-order chi connectivity index (χ1) is 8.50. The van der Waals surface area contributed by atoms with Crippen LogP contribution in [0.25, 0.3) is 0 Å². The molecule has 0 N–H and O–H groups in total. The molecule has 2 nitrogen and oxygen atoms in total. The van der Waals surface area contributed by atoms with Crippen molar-refractivity contribution < 1.29 is 13.6 Å². The Hall–Kier alpha value is -1.45. The number of hydrogen-bond donors (Lipinski definition) is 0. The second kappa shape index (κ2) is 5.04. The number of piperidine rings is 1. The van der Waals surface area contributed by atoms with Crippen LogP contribution in [0.1, 0.15) is 42.1 Å². The van der Waals surface area contributed by atoms with Crippen molar-refractivity contribution in [2.75, 3.05) is 6.54 Å². The topological polar surface area (TPSA) is 20.3 Å². The number of rotatable bonds is 1. The molecule has 0 aliphatic carbocycles. The van der Waals surface area contributed by atoms with Crippen molar-refractivity contribution in [3.63, 3.8) is 0 Å². The average Bonchev–Trinajstić information content (AvgIpc) is 2.33. The van der Waals surface area contributed by atoms with E-state index in [9.17, 15) is 13.6 Å². The highest BCUT2D eigenvalue weighted by molar-refractivity contribution is 5.95. The number of benzene rings is 1. The molecule has 0 aromatic heterocycles. The molecule has 1 saturated heterocycles. The van der Waals surface area contributed by atoms with Gasteiger partial charge in [-0.2, -0.15) is 0 Å². The van der Waals surface area contributed by atoms with E-state index in [0.717, 1.165) is 31.4 Å². The van der Waals surface area contributed by atoms with Gasteiger partial charge in [-0.3, -0.25) is 4.79 Å². The second-order valence-electron chi connectivity index (χ2n) is 4.92. The van der Waals surface area contributed by atoms with Crippen molar-refractivity contribution in [3.05, 3.63) is 34.9 Å². The minimum absolute atomic E-state index is 0.166. The maximum Gasteiger partial charge on any atom is 0.254 e. The first kappa shape index (κ1) is 13.0. The van der Waals surface area contributed by atoms with E-state index < -0.39 is 11.6 Å². The maximum absolute atomic E-state index is 13.2. The third-order valence-electron chi connectivity index (χ3n) is 3.56. The Kier molecular flexibility index (Phi) is 3.64. The number of likely N-dealkylation sites (tertiary alicyclic amines) is 1. The van der Waals surface area contributed by atoms with Gasteiger partial charge >= 0.3 is 0 Å². The number of aryl methyl sites for hydroxylation is 1. The average molecular weight is 253 g/mol. The van der Waals surface area contributed by atoms with Gasteiger partial charge in [0.1, 0.15) is 0 Å². The molecule has 0 radical (unpaired) electrons. The van der Waals surface area contributed by atoms with Crippen LogP contribution in [0, 0.1) is 18.6 Å². The molecule has 0 unspecified atom stereocenters. The van der Waals surface area contributed by atoms with Gasteiger partial charge in [0.25, 0.3) is 5.91 Å². The summed E-state index contributed by atoms with van der Waals surface area (Å²) in [5.41, 5.74) is 0.749. The lowest BCUT2D eigenvalue weighted by atomic mass is 10.0. The quantitative estimate of drug-likeness (QED) is 0.752. The summed E-state index contributed by atoms with van der Waals surface area (Å²) in [5, 5.41) is 0. The van der Waals surface area contributed by atoms with Gasteiger partial charge in [-0.15, -0.1) is 0 Å². The lowest BCUT2D eigenvalue weighted by Crippen LogP contribution is -2.42. The fraction of sp³-hybridized carbons (Fsp3) is 0.500. The molecule has 4 heteroatoms. The minimum Gasteiger partial charge on any atom is -0.336 e. The highest BCUT2D eigenvalue weighted by Crippen LogP contribution is 2.22. The molecule has 1 fully saturated rings. The Balaban J connectivity index is 2.30. The van der Waals surface area contributed by atoms with Crippen molar-refractivity contribution in [1.29, 1.82) is 0 Å². The Morgan fingerprint density at radius 2 is 1.94 bits per heavy atom. The highest BCUT2D eigenvalue weighted by Gasteiger charge is 2.25. The standard InChI is InChI=1S/C14H17F2NO/c1-9-7-12(15)13(16)8-11(9)14(18)17-6-4-3-5-10(17)2/h7-8,10H,3-6H2,1-2H3/t10-/m1/s1. The smallest absolute Gasteiger partial charge is 0.254 e. The van der Waals surface area contributed by atoms with Crippen LogP contribution in [-0.4, -0.2) is 23.4 Å². The molecule has 0 saturated carbocycles. The summed E-state index contributed by atoms with van der Waals surface area (Å²) in [6, 6.07) is 2.25. The van der Waals surface area contributed by atoms with Gasteiger partial charge < -0.3 is 4.90 Å². The highest BCUT2D eigenvalue weighted by atomic mass is 19.2. The minimum atomic E-state index is -0.964. The van der Waals surface area contributed by atoms with E-state index in [1.165, 1.54) is 0 Å². The van der Waals surface area contributed by atoms with Crippen LogP contribution in [0.4, 0.5) is 8.78 Å². The second-order valence-corrected chi connectivity index (χ2v) is 4.92. The Morgan fingerprint density at radius 1 is 1.28 bits per heavy atom. The molecule has 1 atom stereocenters. The molecule has 0 spiro atoms. The van der Waals surface area contributed by atoms with E-state index in [4.69, 9.17) is 0 Å². The predicted molar refractivity (Wildman–Crippen MR) is 65.4 cm³/mol. The van der Waals surface area contributed by atoms with Crippen LogP contribution in [-0.2, 0) is 0 Å². The zero-order valence-electron chi connectivity index (χ0n) is 10.7. The van der Waals surface area contributed by atoms with Crippen molar-refractivity contribution in [2.45, 2.75) is 39.2 Å². The van der Waals surface area contributed by atoms with Gasteiger partial charge in [0.2, 0.25) is 0 Å². The fourth-order valence-electron chi connectivity index (χ4n) is 2.43. The summed E-state index contributed by atoms with van der Waals surface area (Å²) >= 11 is 0. The van der Waals surface area contributed by atoms with Crippen LogP contribution >= 0.6 is 0 Å². The number of hydrogen-bond acceptors (Lipinski definition) is 1. The zero-order valence-corrected chi connectivity index (χ0v) is 10.7. The van der Waals surface area contributed by atoms with Crippen molar-refractivity contribution in [3.8, 4) is 0 Å². The van der Waals surface area contributed by atoms with E-state index in [1.807, 2.05) is 6.92 Å². The third kappa shape index (κ3) is 2.37. The summed E-state index contributed by atoms with van der Waals surface area (Å²) in [5.74, 6) is -2.07. The Labute approximate surface area is 106 Å². The van der Waals surface area contributed by atoms with Crippen LogP contribution in [0.5, 0.6) is 0 Å². The van der Waals surface area contributed by atoms with Crippen LogP contribution in [0.15, 0.2) is 12.1 Å². The molecule has 1 heterocycles. The first-order valence-electron chi connectivity index (χ1n) is 6.27. The van der Waals surface area contributed by atoms with Gasteiger partial charge in [0.15, 0.2) is 11.6 Å². The molecule has 1 aromatic carbocycles. The zero-order chi connectivity index (χ0) is 13.3. The molecule has 0 bridgehead atoms. The molecular weight excluding hydrogens is 236 g/mol. The largest absolute Gasteiger partial charge is 0.336 e. The predicted octanol–water partition coefficient (Wildman–Crippen LogP) is 3.29. The van der Waals surface area contributed by atoms with Gasteiger partial charge in [0, 0.05) is 18.2 Å². The van der Waals surface area contributed by atoms with Crippen LogP contribution < -0.4 is 0 Å². The van der Waals surface area contributed by atoms with Crippen molar-refractivity contribution in [2.24, 2.45) is 0 Å². The SMILES string of the molecule is Cc1cc(F)c(F)cc1C(=O)N1CCCC[C@H]1C.